The lowest BCUT2D eigenvalue weighted by molar-refractivity contribution is 0.0917. The van der Waals surface area contributed by atoms with Gasteiger partial charge in [0.1, 0.15) is 0 Å². The van der Waals surface area contributed by atoms with Crippen LogP contribution in [0.1, 0.15) is 35.2 Å². The topological polar surface area (TPSA) is 29.1 Å². The lowest BCUT2D eigenvalue weighted by Crippen LogP contribution is -2.39. The molecule has 1 N–H and O–H groups in total. The van der Waals surface area contributed by atoms with Crippen LogP contribution in [0.2, 0.25) is 0 Å². The Morgan fingerprint density at radius 2 is 2.27 bits per heavy atom. The minimum absolute atomic E-state index is 0.0201. The van der Waals surface area contributed by atoms with Crippen LogP contribution in [0, 0.1) is 0 Å². The molecular weight excluding hydrogens is 210 g/mol. The van der Waals surface area contributed by atoms with Gasteiger partial charge in [0.2, 0.25) is 0 Å². The number of nitrogens with one attached hydrogen (secondary N) is 1. The van der Waals surface area contributed by atoms with Crippen LogP contribution >= 0.6 is 11.6 Å². The fourth-order valence-electron chi connectivity index (χ4n) is 1.62. The van der Waals surface area contributed by atoms with Crippen molar-refractivity contribution in [3.63, 3.8) is 0 Å². The van der Waals surface area contributed by atoms with Gasteiger partial charge in [-0.15, -0.1) is 11.6 Å². The molecule has 1 saturated carbocycles. The van der Waals surface area contributed by atoms with E-state index in [-0.39, 0.29) is 5.91 Å². The lowest BCUT2D eigenvalue weighted by Gasteiger charge is -2.26. The molecule has 1 amide bonds. The van der Waals surface area contributed by atoms with Gasteiger partial charge in [-0.05, 0) is 37.0 Å². The fourth-order valence-corrected chi connectivity index (χ4v) is 1.78. The van der Waals surface area contributed by atoms with Crippen molar-refractivity contribution in [2.75, 3.05) is 0 Å². The van der Waals surface area contributed by atoms with Crippen LogP contribution in [0.3, 0.4) is 0 Å². The van der Waals surface area contributed by atoms with Crippen LogP contribution in [-0.2, 0) is 5.88 Å². The van der Waals surface area contributed by atoms with Crippen molar-refractivity contribution in [1.29, 1.82) is 0 Å². The van der Waals surface area contributed by atoms with Crippen molar-refractivity contribution >= 4 is 17.5 Å². The van der Waals surface area contributed by atoms with E-state index >= 15 is 0 Å². The first-order chi connectivity index (χ1) is 7.29. The van der Waals surface area contributed by atoms with Gasteiger partial charge in [-0.2, -0.15) is 0 Å². The third-order valence-corrected chi connectivity index (χ3v) is 3.09. The van der Waals surface area contributed by atoms with Gasteiger partial charge >= 0.3 is 0 Å². The molecule has 0 spiro atoms. The van der Waals surface area contributed by atoms with E-state index in [1.165, 1.54) is 6.42 Å². The predicted molar refractivity (Wildman–Crippen MR) is 61.1 cm³/mol. The number of carbonyl (C=O) groups is 1. The summed E-state index contributed by atoms with van der Waals surface area (Å²) < 4.78 is 0. The van der Waals surface area contributed by atoms with Gasteiger partial charge in [0.25, 0.3) is 5.91 Å². The highest BCUT2D eigenvalue weighted by molar-refractivity contribution is 6.17. The van der Waals surface area contributed by atoms with Crippen LogP contribution in [0.5, 0.6) is 0 Å². The number of carbonyl (C=O) groups excluding carboxylic acids is 1. The third-order valence-electron chi connectivity index (χ3n) is 2.78. The Hall–Kier alpha value is -1.02. The third kappa shape index (κ3) is 2.51. The van der Waals surface area contributed by atoms with Crippen molar-refractivity contribution in [1.82, 2.24) is 5.32 Å². The minimum atomic E-state index is 0.0201. The monoisotopic (exact) mass is 223 g/mol. The summed E-state index contributed by atoms with van der Waals surface area (Å²) in [4.78, 5) is 11.8. The predicted octanol–water partition coefficient (Wildman–Crippen LogP) is 2.71. The van der Waals surface area contributed by atoms with Crippen LogP contribution < -0.4 is 5.32 Å². The number of hydrogen-bond acceptors (Lipinski definition) is 1. The van der Waals surface area contributed by atoms with E-state index in [2.05, 4.69) is 5.32 Å². The van der Waals surface area contributed by atoms with Crippen molar-refractivity contribution < 1.29 is 4.79 Å². The maximum absolute atomic E-state index is 11.8. The molecule has 0 atom stereocenters. The van der Waals surface area contributed by atoms with Crippen LogP contribution in [0.15, 0.2) is 24.3 Å². The lowest BCUT2D eigenvalue weighted by atomic mass is 9.93. The average molecular weight is 224 g/mol. The molecule has 0 saturated heterocycles. The zero-order valence-corrected chi connectivity index (χ0v) is 9.26. The van der Waals surface area contributed by atoms with E-state index in [0.29, 0.717) is 17.5 Å². The van der Waals surface area contributed by atoms with Crippen LogP contribution in [0.25, 0.3) is 0 Å². The maximum Gasteiger partial charge on any atom is 0.251 e. The summed E-state index contributed by atoms with van der Waals surface area (Å²) in [5, 5.41) is 3.00. The number of amides is 1. The Bertz CT molecular complexity index is 360. The van der Waals surface area contributed by atoms with Gasteiger partial charge in [-0.3, -0.25) is 4.79 Å². The van der Waals surface area contributed by atoms with Crippen LogP contribution in [-0.4, -0.2) is 11.9 Å². The molecule has 1 aliphatic rings. The molecule has 1 aromatic rings. The van der Waals surface area contributed by atoms with Gasteiger partial charge in [-0.25, -0.2) is 0 Å². The molecule has 1 fully saturated rings. The van der Waals surface area contributed by atoms with Gasteiger partial charge in [0.05, 0.1) is 0 Å². The number of benzene rings is 1. The summed E-state index contributed by atoms with van der Waals surface area (Å²) >= 11 is 5.72. The average Bonchev–Trinajstić information content (AvgIpc) is 2.23. The van der Waals surface area contributed by atoms with Gasteiger partial charge in [-0.1, -0.05) is 12.1 Å². The molecule has 2 rings (SSSR count). The van der Waals surface area contributed by atoms with Crippen molar-refractivity contribution in [2.45, 2.75) is 31.2 Å². The highest BCUT2D eigenvalue weighted by atomic mass is 35.5. The van der Waals surface area contributed by atoms with Crippen molar-refractivity contribution in [3.8, 4) is 0 Å². The van der Waals surface area contributed by atoms with Crippen molar-refractivity contribution in [2.24, 2.45) is 0 Å². The molecule has 0 bridgehead atoms. The Labute approximate surface area is 94.6 Å². The molecule has 15 heavy (non-hydrogen) atoms. The normalized spacial score (nSPS) is 15.8. The summed E-state index contributed by atoms with van der Waals surface area (Å²) in [5.41, 5.74) is 1.69. The van der Waals surface area contributed by atoms with Gasteiger partial charge < -0.3 is 5.32 Å². The molecular formula is C12H14ClNO. The fraction of sp³-hybridized carbons (Fsp3) is 0.417. The molecule has 80 valence electrons. The first-order valence-corrected chi connectivity index (χ1v) is 5.79. The highest BCUT2D eigenvalue weighted by Gasteiger charge is 2.19. The number of halogens is 1. The summed E-state index contributed by atoms with van der Waals surface area (Å²) in [5.74, 6) is 0.469. The molecule has 0 aliphatic heterocycles. The van der Waals surface area contributed by atoms with Crippen molar-refractivity contribution in [3.05, 3.63) is 35.4 Å². The Balaban J connectivity index is 2.03. The zero-order chi connectivity index (χ0) is 10.7. The standard InChI is InChI=1S/C12H14ClNO/c13-8-9-3-1-4-10(7-9)12(15)14-11-5-2-6-11/h1,3-4,7,11H,2,5-6,8H2,(H,14,15). The molecule has 0 heterocycles. The summed E-state index contributed by atoms with van der Waals surface area (Å²) in [7, 11) is 0. The molecule has 0 radical (unpaired) electrons. The largest absolute Gasteiger partial charge is 0.349 e. The highest BCUT2D eigenvalue weighted by Crippen LogP contribution is 2.18. The Kier molecular flexibility index (Phi) is 3.27. The second kappa shape index (κ2) is 4.67. The van der Waals surface area contributed by atoms with E-state index in [1.54, 1.807) is 0 Å². The minimum Gasteiger partial charge on any atom is -0.349 e. The van der Waals surface area contributed by atoms with Gasteiger partial charge in [0.15, 0.2) is 0 Å². The quantitative estimate of drug-likeness (QED) is 0.785. The first-order valence-electron chi connectivity index (χ1n) is 5.25. The SMILES string of the molecule is O=C(NC1CCC1)c1cccc(CCl)c1. The number of alkyl halides is 1. The van der Waals surface area contributed by atoms with E-state index in [4.69, 9.17) is 11.6 Å². The summed E-state index contributed by atoms with van der Waals surface area (Å²) in [6.07, 6.45) is 3.45. The van der Waals surface area contributed by atoms with E-state index < -0.39 is 0 Å². The summed E-state index contributed by atoms with van der Waals surface area (Å²) in [6.45, 7) is 0. The van der Waals surface area contributed by atoms with E-state index in [1.807, 2.05) is 24.3 Å². The molecule has 3 heteroatoms. The second-order valence-corrected chi connectivity index (χ2v) is 4.20. The maximum atomic E-state index is 11.8. The Morgan fingerprint density at radius 1 is 1.47 bits per heavy atom. The number of hydrogen-bond donors (Lipinski definition) is 1. The number of rotatable bonds is 3. The second-order valence-electron chi connectivity index (χ2n) is 3.94. The molecule has 1 aliphatic carbocycles. The van der Waals surface area contributed by atoms with E-state index in [0.717, 1.165) is 18.4 Å². The molecule has 1 aromatic carbocycles. The smallest absolute Gasteiger partial charge is 0.251 e. The molecule has 2 nitrogen and oxygen atoms in total. The zero-order valence-electron chi connectivity index (χ0n) is 8.50. The molecule has 0 aromatic heterocycles. The molecule has 0 unspecified atom stereocenters. The summed E-state index contributed by atoms with van der Waals surface area (Å²) in [6, 6.07) is 7.85. The first kappa shape index (κ1) is 10.5. The van der Waals surface area contributed by atoms with Gasteiger partial charge in [0, 0.05) is 17.5 Å². The Morgan fingerprint density at radius 3 is 2.87 bits per heavy atom. The van der Waals surface area contributed by atoms with Crippen LogP contribution in [0.4, 0.5) is 0 Å². The van der Waals surface area contributed by atoms with E-state index in [9.17, 15) is 4.79 Å².